The lowest BCUT2D eigenvalue weighted by molar-refractivity contribution is 0.0679. The van der Waals surface area contributed by atoms with Crippen LogP contribution in [0.1, 0.15) is 57.4 Å². The summed E-state index contributed by atoms with van der Waals surface area (Å²) in [5, 5.41) is 33.9. The average Bonchev–Trinajstić information content (AvgIpc) is 3.50. The first-order valence-electron chi connectivity index (χ1n) is 10.7. The summed E-state index contributed by atoms with van der Waals surface area (Å²) in [7, 11) is 0. The number of nitrogens with zero attached hydrogens (tertiary/aromatic N) is 6. The fourth-order valence-corrected chi connectivity index (χ4v) is 4.47. The van der Waals surface area contributed by atoms with E-state index in [1.54, 1.807) is 19.1 Å². The summed E-state index contributed by atoms with van der Waals surface area (Å²) >= 11 is 12.5. The van der Waals surface area contributed by atoms with Crippen LogP contribution in [-0.4, -0.2) is 52.1 Å². The Hall–Kier alpha value is -3.83. The quantitative estimate of drug-likeness (QED) is 0.336. The fourth-order valence-electron chi connectivity index (χ4n) is 4.04. The van der Waals surface area contributed by atoms with Crippen molar-refractivity contribution < 1.29 is 24.2 Å². The molecular weight excluding hydrogens is 514 g/mol. The highest BCUT2D eigenvalue weighted by Crippen LogP contribution is 2.35. The Morgan fingerprint density at radius 1 is 1.00 bits per heavy atom. The summed E-state index contributed by atoms with van der Waals surface area (Å²) in [6.45, 7) is 3.69. The van der Waals surface area contributed by atoms with Crippen molar-refractivity contribution in [3.63, 3.8) is 0 Å². The molecule has 0 saturated heterocycles. The van der Waals surface area contributed by atoms with Crippen LogP contribution in [0.3, 0.4) is 0 Å². The molecule has 0 fully saturated rings. The van der Waals surface area contributed by atoms with E-state index >= 15 is 4.39 Å². The second kappa shape index (κ2) is 10.0. The van der Waals surface area contributed by atoms with Crippen molar-refractivity contribution >= 4 is 35.1 Å². The lowest BCUT2D eigenvalue weighted by atomic mass is 9.90. The molecule has 0 spiro atoms. The van der Waals surface area contributed by atoms with Gasteiger partial charge in [-0.1, -0.05) is 47.5 Å². The molecule has 13 heteroatoms. The number of hydrogen-bond acceptors (Lipinski definition) is 6. The van der Waals surface area contributed by atoms with Crippen molar-refractivity contribution in [1.29, 1.82) is 0 Å². The molecule has 10 nitrogen and oxygen atoms in total. The Labute approximate surface area is 213 Å². The zero-order valence-electron chi connectivity index (χ0n) is 19.0. The number of halogens is 3. The predicted octanol–water partition coefficient (Wildman–Crippen LogP) is 4.60. The topological polar surface area (TPSA) is 136 Å². The van der Waals surface area contributed by atoms with E-state index in [0.29, 0.717) is 22.7 Å². The molecular formula is C23H19Cl2FN6O4. The van der Waals surface area contributed by atoms with Gasteiger partial charge < -0.3 is 10.2 Å². The summed E-state index contributed by atoms with van der Waals surface area (Å²) in [6.07, 6.45) is 3.29. The van der Waals surface area contributed by atoms with E-state index in [0.717, 1.165) is 5.56 Å². The Morgan fingerprint density at radius 2 is 1.58 bits per heavy atom. The van der Waals surface area contributed by atoms with Crippen LogP contribution in [-0.2, 0) is 12.8 Å². The number of aryl methyl sites for hydroxylation is 1. The zero-order valence-corrected chi connectivity index (χ0v) is 20.5. The maximum atomic E-state index is 15.4. The SMILES string of the molecule is CCc1cc(Cl)cc(CC(C)c2c(-n3cc(C(=O)O)nn3)ccc(Cl)c2F)c1-n1cc(C(=O)O)nn1. The largest absolute Gasteiger partial charge is 0.476 e. The maximum Gasteiger partial charge on any atom is 0.358 e. The van der Waals surface area contributed by atoms with Gasteiger partial charge in [0.05, 0.1) is 28.8 Å². The van der Waals surface area contributed by atoms with Gasteiger partial charge in [0.2, 0.25) is 0 Å². The molecule has 2 N–H and O–H groups in total. The van der Waals surface area contributed by atoms with Crippen LogP contribution < -0.4 is 0 Å². The molecule has 0 amide bonds. The summed E-state index contributed by atoms with van der Waals surface area (Å²) in [5.41, 5.74) is 2.00. The molecule has 36 heavy (non-hydrogen) atoms. The van der Waals surface area contributed by atoms with Crippen LogP contribution in [0.25, 0.3) is 11.4 Å². The number of carboxylic acids is 2. The number of aromatic carboxylic acids is 2. The molecule has 0 bridgehead atoms. The van der Waals surface area contributed by atoms with Gasteiger partial charge in [0.15, 0.2) is 11.4 Å². The third-order valence-electron chi connectivity index (χ3n) is 5.64. The minimum absolute atomic E-state index is 0.109. The predicted molar refractivity (Wildman–Crippen MR) is 128 cm³/mol. The lowest BCUT2D eigenvalue weighted by Gasteiger charge is -2.21. The second-order valence-electron chi connectivity index (χ2n) is 8.03. The second-order valence-corrected chi connectivity index (χ2v) is 8.88. The normalized spacial score (nSPS) is 12.0. The van der Waals surface area contributed by atoms with Gasteiger partial charge in [-0.2, -0.15) is 0 Å². The number of benzene rings is 2. The first kappa shape index (κ1) is 25.3. The Bertz CT molecular complexity index is 1490. The molecule has 1 atom stereocenters. The minimum atomic E-state index is -1.27. The van der Waals surface area contributed by atoms with E-state index in [2.05, 4.69) is 20.6 Å². The molecule has 4 rings (SSSR count). The summed E-state index contributed by atoms with van der Waals surface area (Å²) in [5.74, 6) is -3.68. The Morgan fingerprint density at radius 3 is 2.17 bits per heavy atom. The molecule has 0 radical (unpaired) electrons. The van der Waals surface area contributed by atoms with Gasteiger partial charge in [-0.05, 0) is 54.2 Å². The molecule has 4 aromatic rings. The van der Waals surface area contributed by atoms with Gasteiger partial charge in [0.25, 0.3) is 0 Å². The van der Waals surface area contributed by atoms with Crippen molar-refractivity contribution in [2.24, 2.45) is 0 Å². The van der Waals surface area contributed by atoms with Gasteiger partial charge >= 0.3 is 11.9 Å². The molecule has 0 aliphatic rings. The standard InChI is InChI=1S/C23H19Cl2FN6O4/c1-3-12-7-14(24)8-13(21(12)32-10-17(23(35)36)28-30-32)6-11(2)19-18(5-4-15(25)20(19)26)31-9-16(22(33)34)27-29-31/h4-5,7-11H,3,6H2,1-2H3,(H,33,34)(H,35,36). The van der Waals surface area contributed by atoms with Crippen LogP contribution >= 0.6 is 23.2 Å². The Balaban J connectivity index is 1.82. The van der Waals surface area contributed by atoms with Gasteiger partial charge in [-0.15, -0.1) is 10.2 Å². The third-order valence-corrected chi connectivity index (χ3v) is 6.15. The van der Waals surface area contributed by atoms with E-state index in [4.69, 9.17) is 23.2 Å². The number of rotatable bonds is 8. The van der Waals surface area contributed by atoms with E-state index in [-0.39, 0.29) is 34.1 Å². The van der Waals surface area contributed by atoms with Crippen molar-refractivity contribution in [2.45, 2.75) is 32.6 Å². The van der Waals surface area contributed by atoms with E-state index in [1.165, 1.54) is 33.9 Å². The molecule has 0 aliphatic heterocycles. The smallest absolute Gasteiger partial charge is 0.358 e. The van der Waals surface area contributed by atoms with Crippen LogP contribution in [0.2, 0.25) is 10.0 Å². The first-order valence-corrected chi connectivity index (χ1v) is 11.5. The third kappa shape index (κ3) is 4.79. The van der Waals surface area contributed by atoms with Crippen molar-refractivity contribution in [1.82, 2.24) is 30.0 Å². The molecule has 1 unspecified atom stereocenters. The zero-order chi connectivity index (χ0) is 26.1. The van der Waals surface area contributed by atoms with Gasteiger partial charge in [-0.3, -0.25) is 0 Å². The lowest BCUT2D eigenvalue weighted by Crippen LogP contribution is -2.12. The highest BCUT2D eigenvalue weighted by atomic mass is 35.5. The Kier molecular flexibility index (Phi) is 7.04. The van der Waals surface area contributed by atoms with E-state index in [1.807, 2.05) is 6.92 Å². The summed E-state index contributed by atoms with van der Waals surface area (Å²) < 4.78 is 17.9. The molecule has 2 heterocycles. The number of hydrogen-bond donors (Lipinski definition) is 2. The van der Waals surface area contributed by atoms with Gasteiger partial charge in [0.1, 0.15) is 5.82 Å². The molecule has 0 saturated carbocycles. The van der Waals surface area contributed by atoms with Crippen molar-refractivity contribution in [3.8, 4) is 11.4 Å². The van der Waals surface area contributed by atoms with Crippen molar-refractivity contribution in [3.05, 3.63) is 80.6 Å². The van der Waals surface area contributed by atoms with Crippen LogP contribution in [0.5, 0.6) is 0 Å². The first-order chi connectivity index (χ1) is 17.1. The highest BCUT2D eigenvalue weighted by molar-refractivity contribution is 6.31. The minimum Gasteiger partial charge on any atom is -0.476 e. The number of carbonyl (C=O) groups is 2. The summed E-state index contributed by atoms with van der Waals surface area (Å²) in [4.78, 5) is 22.6. The molecule has 0 aliphatic carbocycles. The monoisotopic (exact) mass is 532 g/mol. The highest BCUT2D eigenvalue weighted by Gasteiger charge is 2.24. The molecule has 186 valence electrons. The fraction of sp³-hybridized carbons (Fsp3) is 0.217. The number of aromatic nitrogens is 6. The van der Waals surface area contributed by atoms with Crippen LogP contribution in [0, 0.1) is 5.82 Å². The molecule has 2 aromatic carbocycles. The van der Waals surface area contributed by atoms with E-state index < -0.39 is 23.7 Å². The molecule has 2 aromatic heterocycles. The van der Waals surface area contributed by atoms with Gasteiger partial charge in [-0.25, -0.2) is 23.3 Å². The van der Waals surface area contributed by atoms with Crippen LogP contribution in [0.4, 0.5) is 4.39 Å². The number of carboxylic acid groups (broad SMARTS) is 2. The van der Waals surface area contributed by atoms with Gasteiger partial charge in [0, 0.05) is 10.6 Å². The summed E-state index contributed by atoms with van der Waals surface area (Å²) in [6, 6.07) is 6.34. The average molecular weight is 533 g/mol. The van der Waals surface area contributed by atoms with Crippen molar-refractivity contribution in [2.75, 3.05) is 0 Å². The maximum absolute atomic E-state index is 15.4. The van der Waals surface area contributed by atoms with Crippen LogP contribution in [0.15, 0.2) is 36.7 Å². The van der Waals surface area contributed by atoms with E-state index in [9.17, 15) is 19.8 Å².